The average Bonchev–Trinajstić information content (AvgIpc) is 2.03. The van der Waals surface area contributed by atoms with Crippen LogP contribution in [0.4, 0.5) is 0 Å². The molecule has 0 radical (unpaired) electrons. The van der Waals surface area contributed by atoms with Gasteiger partial charge in [0.15, 0.2) is 0 Å². The van der Waals surface area contributed by atoms with Crippen molar-refractivity contribution in [3.05, 3.63) is 12.7 Å². The quantitative estimate of drug-likeness (QED) is 0.480. The maximum absolute atomic E-state index is 10.6. The van der Waals surface area contributed by atoms with Gasteiger partial charge in [0.2, 0.25) is 5.91 Å². The van der Waals surface area contributed by atoms with Crippen molar-refractivity contribution in [2.75, 3.05) is 13.2 Å². The van der Waals surface area contributed by atoms with Crippen molar-refractivity contribution in [2.24, 2.45) is 0 Å². The van der Waals surface area contributed by atoms with Crippen LogP contribution in [0.15, 0.2) is 12.7 Å². The monoisotopic (exact) mass is 171 g/mol. The molecule has 0 aromatic heterocycles. The highest BCUT2D eigenvalue weighted by molar-refractivity contribution is 5.86. The van der Waals surface area contributed by atoms with E-state index in [1.807, 2.05) is 13.8 Å². The van der Waals surface area contributed by atoms with Gasteiger partial charge in [0.25, 0.3) is 0 Å². The lowest BCUT2D eigenvalue weighted by Crippen LogP contribution is -2.23. The van der Waals surface area contributed by atoms with Crippen molar-refractivity contribution in [1.82, 2.24) is 5.32 Å². The SMILES string of the molecule is C=CC(=O)NCCCOC(C)C. The minimum Gasteiger partial charge on any atom is -0.379 e. The number of ether oxygens (including phenoxy) is 1. The molecule has 0 bridgehead atoms. The van der Waals surface area contributed by atoms with E-state index in [-0.39, 0.29) is 12.0 Å². The minimum atomic E-state index is -0.125. The van der Waals surface area contributed by atoms with E-state index < -0.39 is 0 Å². The fourth-order valence-corrected chi connectivity index (χ4v) is 0.675. The molecule has 0 unspecified atom stereocenters. The van der Waals surface area contributed by atoms with Gasteiger partial charge in [-0.25, -0.2) is 0 Å². The van der Waals surface area contributed by atoms with E-state index in [4.69, 9.17) is 4.74 Å². The summed E-state index contributed by atoms with van der Waals surface area (Å²) in [5.74, 6) is -0.125. The molecule has 0 aromatic carbocycles. The molecule has 1 N–H and O–H groups in total. The molecule has 0 saturated carbocycles. The topological polar surface area (TPSA) is 38.3 Å². The van der Waals surface area contributed by atoms with Crippen LogP contribution in [0.25, 0.3) is 0 Å². The summed E-state index contributed by atoms with van der Waals surface area (Å²) in [7, 11) is 0. The Kier molecular flexibility index (Phi) is 6.38. The lowest BCUT2D eigenvalue weighted by Gasteiger charge is -2.06. The van der Waals surface area contributed by atoms with E-state index in [9.17, 15) is 4.79 Å². The summed E-state index contributed by atoms with van der Waals surface area (Å²) in [5, 5.41) is 2.67. The lowest BCUT2D eigenvalue weighted by atomic mass is 10.4. The third-order valence-corrected chi connectivity index (χ3v) is 1.26. The van der Waals surface area contributed by atoms with Crippen molar-refractivity contribution in [3.8, 4) is 0 Å². The summed E-state index contributed by atoms with van der Waals surface area (Å²) in [6, 6.07) is 0. The molecule has 70 valence electrons. The van der Waals surface area contributed by atoms with Crippen LogP contribution in [0.2, 0.25) is 0 Å². The van der Waals surface area contributed by atoms with Crippen molar-refractivity contribution in [1.29, 1.82) is 0 Å². The van der Waals surface area contributed by atoms with Crippen LogP contribution in [-0.4, -0.2) is 25.2 Å². The Balaban J connectivity index is 3.11. The van der Waals surface area contributed by atoms with Gasteiger partial charge in [-0.3, -0.25) is 4.79 Å². The molecular formula is C9H17NO2. The minimum absolute atomic E-state index is 0.125. The Morgan fingerprint density at radius 3 is 2.83 bits per heavy atom. The maximum Gasteiger partial charge on any atom is 0.243 e. The Bertz CT molecular complexity index is 143. The molecule has 3 nitrogen and oxygen atoms in total. The Morgan fingerprint density at radius 1 is 1.67 bits per heavy atom. The first kappa shape index (κ1) is 11.2. The molecule has 0 fully saturated rings. The second kappa shape index (κ2) is 6.85. The normalized spacial score (nSPS) is 9.92. The second-order valence-corrected chi connectivity index (χ2v) is 2.77. The number of nitrogens with one attached hydrogen (secondary N) is 1. The lowest BCUT2D eigenvalue weighted by molar-refractivity contribution is -0.116. The van der Waals surface area contributed by atoms with Crippen LogP contribution < -0.4 is 5.32 Å². The van der Waals surface area contributed by atoms with E-state index in [0.29, 0.717) is 13.2 Å². The molecule has 0 saturated heterocycles. The third kappa shape index (κ3) is 7.28. The third-order valence-electron chi connectivity index (χ3n) is 1.26. The predicted octanol–water partition coefficient (Wildman–Crippen LogP) is 1.10. The number of amides is 1. The van der Waals surface area contributed by atoms with Gasteiger partial charge >= 0.3 is 0 Å². The smallest absolute Gasteiger partial charge is 0.243 e. The molecule has 0 aliphatic heterocycles. The number of hydrogen-bond donors (Lipinski definition) is 1. The zero-order valence-electron chi connectivity index (χ0n) is 7.80. The van der Waals surface area contributed by atoms with Crippen LogP contribution >= 0.6 is 0 Å². The van der Waals surface area contributed by atoms with Crippen molar-refractivity contribution in [2.45, 2.75) is 26.4 Å². The fourth-order valence-electron chi connectivity index (χ4n) is 0.675. The molecule has 0 aliphatic carbocycles. The zero-order chi connectivity index (χ0) is 9.40. The van der Waals surface area contributed by atoms with Gasteiger partial charge < -0.3 is 10.1 Å². The summed E-state index contributed by atoms with van der Waals surface area (Å²) in [5.41, 5.74) is 0. The van der Waals surface area contributed by atoms with Crippen molar-refractivity contribution in [3.63, 3.8) is 0 Å². The molecule has 12 heavy (non-hydrogen) atoms. The fraction of sp³-hybridized carbons (Fsp3) is 0.667. The summed E-state index contributed by atoms with van der Waals surface area (Å²) < 4.78 is 5.28. The van der Waals surface area contributed by atoms with Gasteiger partial charge in [0.1, 0.15) is 0 Å². The van der Waals surface area contributed by atoms with E-state index in [2.05, 4.69) is 11.9 Å². The summed E-state index contributed by atoms with van der Waals surface area (Å²) in [4.78, 5) is 10.6. The van der Waals surface area contributed by atoms with Crippen molar-refractivity contribution < 1.29 is 9.53 Å². The summed E-state index contributed by atoms with van der Waals surface area (Å²) in [6.45, 7) is 8.66. The second-order valence-electron chi connectivity index (χ2n) is 2.77. The highest BCUT2D eigenvalue weighted by Gasteiger charge is 1.94. The maximum atomic E-state index is 10.6. The van der Waals surface area contributed by atoms with E-state index in [1.165, 1.54) is 6.08 Å². The zero-order valence-corrected chi connectivity index (χ0v) is 7.80. The molecule has 0 aromatic rings. The van der Waals surface area contributed by atoms with Crippen LogP contribution in [0.5, 0.6) is 0 Å². The Morgan fingerprint density at radius 2 is 2.33 bits per heavy atom. The molecular weight excluding hydrogens is 154 g/mol. The van der Waals surface area contributed by atoms with E-state index in [0.717, 1.165) is 6.42 Å². The van der Waals surface area contributed by atoms with E-state index >= 15 is 0 Å². The number of hydrogen-bond acceptors (Lipinski definition) is 2. The summed E-state index contributed by atoms with van der Waals surface area (Å²) in [6.07, 6.45) is 2.38. The van der Waals surface area contributed by atoms with Gasteiger partial charge in [-0.15, -0.1) is 0 Å². The average molecular weight is 171 g/mol. The van der Waals surface area contributed by atoms with Gasteiger partial charge in [-0.2, -0.15) is 0 Å². The molecule has 0 spiro atoms. The number of carbonyl (C=O) groups excluding carboxylic acids is 1. The predicted molar refractivity (Wildman–Crippen MR) is 48.9 cm³/mol. The van der Waals surface area contributed by atoms with Gasteiger partial charge in [-0.05, 0) is 26.3 Å². The highest BCUT2D eigenvalue weighted by atomic mass is 16.5. The number of rotatable bonds is 6. The van der Waals surface area contributed by atoms with Crippen LogP contribution in [0, 0.1) is 0 Å². The van der Waals surface area contributed by atoms with Crippen LogP contribution in [0.3, 0.4) is 0 Å². The Hall–Kier alpha value is -0.830. The molecule has 0 atom stereocenters. The summed E-state index contributed by atoms with van der Waals surface area (Å²) >= 11 is 0. The van der Waals surface area contributed by atoms with Gasteiger partial charge in [-0.1, -0.05) is 6.58 Å². The standard InChI is InChI=1S/C9H17NO2/c1-4-9(11)10-6-5-7-12-8(2)3/h4,8H,1,5-7H2,2-3H3,(H,10,11). The largest absolute Gasteiger partial charge is 0.379 e. The first-order valence-electron chi connectivity index (χ1n) is 4.18. The molecule has 1 amide bonds. The van der Waals surface area contributed by atoms with Gasteiger partial charge in [0, 0.05) is 13.2 Å². The highest BCUT2D eigenvalue weighted by Crippen LogP contribution is 1.88. The molecule has 0 rings (SSSR count). The molecule has 3 heteroatoms. The van der Waals surface area contributed by atoms with Crippen LogP contribution in [0.1, 0.15) is 20.3 Å². The van der Waals surface area contributed by atoms with E-state index in [1.54, 1.807) is 0 Å². The van der Waals surface area contributed by atoms with Crippen LogP contribution in [-0.2, 0) is 9.53 Å². The first-order chi connectivity index (χ1) is 5.66. The van der Waals surface area contributed by atoms with Gasteiger partial charge in [0.05, 0.1) is 6.10 Å². The first-order valence-corrected chi connectivity index (χ1v) is 4.18. The Labute approximate surface area is 73.8 Å². The molecule has 0 aliphatic rings. The van der Waals surface area contributed by atoms with Crippen molar-refractivity contribution >= 4 is 5.91 Å². The molecule has 0 heterocycles. The number of carbonyl (C=O) groups is 1.